The third-order valence-electron chi connectivity index (χ3n) is 4.85. The van der Waals surface area contributed by atoms with Gasteiger partial charge in [0, 0.05) is 39.3 Å². The highest BCUT2D eigenvalue weighted by Crippen LogP contribution is 2.29. The number of nitrogens with one attached hydrogen (secondary N) is 1. The number of nitrogens with zero attached hydrogens (tertiary/aromatic N) is 3. The van der Waals surface area contributed by atoms with Gasteiger partial charge in [0.15, 0.2) is 0 Å². The number of amides is 2. The standard InChI is InChI=1S/C21H21F3N4O/c22-21(23,24)19-3-1-2-18(12-19)14-26-20(29)28-10-8-27(9-11-28)15-17-6-4-16(13-25)5-7-17/h1-7,12H,8-11,14-15H2,(H,26,29). The van der Waals surface area contributed by atoms with Crippen molar-refractivity contribution in [2.24, 2.45) is 0 Å². The van der Waals surface area contributed by atoms with Crippen molar-refractivity contribution in [3.05, 3.63) is 70.8 Å². The average Bonchev–Trinajstić information content (AvgIpc) is 2.73. The zero-order valence-corrected chi connectivity index (χ0v) is 15.7. The Morgan fingerprint density at radius 2 is 1.72 bits per heavy atom. The molecule has 152 valence electrons. The molecule has 1 saturated heterocycles. The smallest absolute Gasteiger partial charge is 0.334 e. The first-order valence-electron chi connectivity index (χ1n) is 9.25. The molecule has 1 N–H and O–H groups in total. The lowest BCUT2D eigenvalue weighted by molar-refractivity contribution is -0.137. The van der Waals surface area contributed by atoms with Gasteiger partial charge in [0.1, 0.15) is 0 Å². The second-order valence-electron chi connectivity index (χ2n) is 6.93. The first kappa shape index (κ1) is 20.7. The minimum atomic E-state index is -4.40. The number of carbonyl (C=O) groups is 1. The van der Waals surface area contributed by atoms with Crippen LogP contribution in [0.15, 0.2) is 48.5 Å². The van der Waals surface area contributed by atoms with Crippen LogP contribution in [-0.4, -0.2) is 42.0 Å². The molecule has 5 nitrogen and oxygen atoms in total. The molecule has 29 heavy (non-hydrogen) atoms. The van der Waals surface area contributed by atoms with Crippen LogP contribution in [0.25, 0.3) is 0 Å². The third-order valence-corrected chi connectivity index (χ3v) is 4.85. The molecule has 2 amide bonds. The maximum Gasteiger partial charge on any atom is 0.416 e. The van der Waals surface area contributed by atoms with Crippen molar-refractivity contribution in [3.8, 4) is 6.07 Å². The van der Waals surface area contributed by atoms with Crippen LogP contribution < -0.4 is 5.32 Å². The van der Waals surface area contributed by atoms with E-state index in [1.165, 1.54) is 6.07 Å². The zero-order valence-electron chi connectivity index (χ0n) is 15.7. The maximum absolute atomic E-state index is 12.8. The molecule has 0 aliphatic carbocycles. The van der Waals surface area contributed by atoms with Crippen molar-refractivity contribution in [2.45, 2.75) is 19.3 Å². The Balaban J connectivity index is 1.46. The van der Waals surface area contributed by atoms with Crippen LogP contribution in [-0.2, 0) is 19.3 Å². The van der Waals surface area contributed by atoms with Gasteiger partial charge in [-0.1, -0.05) is 24.3 Å². The van der Waals surface area contributed by atoms with Crippen LogP contribution in [0.5, 0.6) is 0 Å². The second kappa shape index (κ2) is 8.97. The lowest BCUT2D eigenvalue weighted by Gasteiger charge is -2.34. The quantitative estimate of drug-likeness (QED) is 0.850. The fraction of sp³-hybridized carbons (Fsp3) is 0.333. The Hall–Kier alpha value is -3.05. The Labute approximate surface area is 167 Å². The summed E-state index contributed by atoms with van der Waals surface area (Å²) in [7, 11) is 0. The van der Waals surface area contributed by atoms with Crippen molar-refractivity contribution in [1.29, 1.82) is 5.26 Å². The SMILES string of the molecule is N#Cc1ccc(CN2CCN(C(=O)NCc3cccc(C(F)(F)F)c3)CC2)cc1. The number of hydrogen-bond acceptors (Lipinski definition) is 3. The van der Waals surface area contributed by atoms with E-state index in [-0.39, 0.29) is 12.6 Å². The highest BCUT2D eigenvalue weighted by Gasteiger charge is 2.30. The van der Waals surface area contributed by atoms with Gasteiger partial charge in [0.05, 0.1) is 17.2 Å². The van der Waals surface area contributed by atoms with Crippen molar-refractivity contribution in [1.82, 2.24) is 15.1 Å². The van der Waals surface area contributed by atoms with E-state index >= 15 is 0 Å². The van der Waals surface area contributed by atoms with E-state index < -0.39 is 11.7 Å². The fourth-order valence-corrected chi connectivity index (χ4v) is 3.20. The fourth-order valence-electron chi connectivity index (χ4n) is 3.20. The van der Waals surface area contributed by atoms with Crippen LogP contribution in [0.3, 0.4) is 0 Å². The van der Waals surface area contributed by atoms with Gasteiger partial charge in [-0.05, 0) is 35.4 Å². The largest absolute Gasteiger partial charge is 0.416 e. The molecular formula is C21H21F3N4O. The maximum atomic E-state index is 12.8. The van der Waals surface area contributed by atoms with E-state index in [0.717, 1.165) is 24.2 Å². The summed E-state index contributed by atoms with van der Waals surface area (Å²) >= 11 is 0. The van der Waals surface area contributed by atoms with Gasteiger partial charge in [-0.15, -0.1) is 0 Å². The molecule has 2 aromatic carbocycles. The van der Waals surface area contributed by atoms with Gasteiger partial charge in [-0.3, -0.25) is 4.90 Å². The number of carbonyl (C=O) groups excluding carboxylic acids is 1. The minimum Gasteiger partial charge on any atom is -0.334 e. The summed E-state index contributed by atoms with van der Waals surface area (Å²) in [6, 6.07) is 14.2. The number of halogens is 3. The molecule has 0 saturated carbocycles. The molecule has 2 aromatic rings. The predicted molar refractivity (Wildman–Crippen MR) is 102 cm³/mol. The Morgan fingerprint density at radius 3 is 2.34 bits per heavy atom. The van der Waals surface area contributed by atoms with Gasteiger partial charge in [-0.2, -0.15) is 18.4 Å². The topological polar surface area (TPSA) is 59.4 Å². The molecule has 3 rings (SSSR count). The highest BCUT2D eigenvalue weighted by molar-refractivity contribution is 5.74. The van der Waals surface area contributed by atoms with Crippen LogP contribution in [0.4, 0.5) is 18.0 Å². The summed E-state index contributed by atoms with van der Waals surface area (Å²) in [5.74, 6) is 0. The second-order valence-corrected chi connectivity index (χ2v) is 6.93. The Morgan fingerprint density at radius 1 is 1.03 bits per heavy atom. The van der Waals surface area contributed by atoms with Gasteiger partial charge in [0.2, 0.25) is 0 Å². The Kier molecular flexibility index (Phi) is 6.39. The van der Waals surface area contributed by atoms with E-state index in [1.54, 1.807) is 23.1 Å². The number of hydrogen-bond donors (Lipinski definition) is 1. The molecule has 0 radical (unpaired) electrons. The summed E-state index contributed by atoms with van der Waals surface area (Å²) in [6.45, 7) is 3.29. The third kappa shape index (κ3) is 5.72. The highest BCUT2D eigenvalue weighted by atomic mass is 19.4. The van der Waals surface area contributed by atoms with Gasteiger partial charge < -0.3 is 10.2 Å². The molecule has 0 aromatic heterocycles. The zero-order chi connectivity index (χ0) is 20.9. The molecular weight excluding hydrogens is 381 g/mol. The summed E-state index contributed by atoms with van der Waals surface area (Å²) in [5.41, 5.74) is 1.41. The van der Waals surface area contributed by atoms with Crippen molar-refractivity contribution in [2.75, 3.05) is 26.2 Å². The normalized spacial score (nSPS) is 15.0. The molecule has 8 heteroatoms. The van der Waals surface area contributed by atoms with Crippen LogP contribution >= 0.6 is 0 Å². The number of alkyl halides is 3. The summed E-state index contributed by atoms with van der Waals surface area (Å²) < 4.78 is 38.3. The van der Waals surface area contributed by atoms with E-state index in [2.05, 4.69) is 16.3 Å². The van der Waals surface area contributed by atoms with Crippen LogP contribution in [0.1, 0.15) is 22.3 Å². The molecule has 0 spiro atoms. The molecule has 0 bridgehead atoms. The van der Waals surface area contributed by atoms with E-state index in [1.807, 2.05) is 12.1 Å². The van der Waals surface area contributed by atoms with Crippen molar-refractivity contribution < 1.29 is 18.0 Å². The first-order chi connectivity index (χ1) is 13.8. The van der Waals surface area contributed by atoms with E-state index in [4.69, 9.17) is 5.26 Å². The molecule has 1 fully saturated rings. The van der Waals surface area contributed by atoms with Gasteiger partial charge in [-0.25, -0.2) is 4.79 Å². The van der Waals surface area contributed by atoms with E-state index in [9.17, 15) is 18.0 Å². The molecule has 1 heterocycles. The van der Waals surface area contributed by atoms with Crippen LogP contribution in [0.2, 0.25) is 0 Å². The molecule has 1 aliphatic rings. The number of nitriles is 1. The van der Waals surface area contributed by atoms with Crippen molar-refractivity contribution in [3.63, 3.8) is 0 Å². The molecule has 0 atom stereocenters. The average molecular weight is 402 g/mol. The Bertz CT molecular complexity index is 882. The monoisotopic (exact) mass is 402 g/mol. The molecule has 0 unspecified atom stereocenters. The number of piperazine rings is 1. The first-order valence-corrected chi connectivity index (χ1v) is 9.25. The number of urea groups is 1. The molecule has 1 aliphatic heterocycles. The summed E-state index contributed by atoms with van der Waals surface area (Å²) in [4.78, 5) is 16.2. The number of benzene rings is 2. The lowest BCUT2D eigenvalue weighted by atomic mass is 10.1. The number of rotatable bonds is 4. The predicted octanol–water partition coefficient (Wildman–Crippen LogP) is 3.60. The van der Waals surface area contributed by atoms with Crippen LogP contribution in [0, 0.1) is 11.3 Å². The minimum absolute atomic E-state index is 0.0498. The lowest BCUT2D eigenvalue weighted by Crippen LogP contribution is -2.51. The van der Waals surface area contributed by atoms with Crippen molar-refractivity contribution >= 4 is 6.03 Å². The van der Waals surface area contributed by atoms with E-state index in [0.29, 0.717) is 37.3 Å². The van der Waals surface area contributed by atoms with Gasteiger partial charge >= 0.3 is 12.2 Å². The summed E-state index contributed by atoms with van der Waals surface area (Å²) in [5, 5.41) is 11.5. The summed E-state index contributed by atoms with van der Waals surface area (Å²) in [6.07, 6.45) is -4.40. The van der Waals surface area contributed by atoms with Gasteiger partial charge in [0.25, 0.3) is 0 Å².